The largest absolute Gasteiger partial charge is 0.369 e. The molecular weight excluding hydrogens is 406 g/mol. The smallest absolute Gasteiger partial charge is 0.328 e. The summed E-state index contributed by atoms with van der Waals surface area (Å²) in [7, 11) is 0. The standard InChI is InChI=1S/C22H20ClN3O4/c23-20-16(2-1-3-17(20)25-11-8-18(27)24-21(25)29)14-4-6-15(7-5-14)26-19(28)12-30-13-22(26)9-10-22/h1-7H,8-13H2,(H,24,27,29). The summed E-state index contributed by atoms with van der Waals surface area (Å²) in [5, 5.41) is 2.76. The van der Waals surface area contributed by atoms with Crippen LogP contribution in [0.4, 0.5) is 16.2 Å². The van der Waals surface area contributed by atoms with Gasteiger partial charge in [-0.3, -0.25) is 19.8 Å². The number of rotatable bonds is 3. The Morgan fingerprint density at radius 2 is 1.80 bits per heavy atom. The zero-order valence-corrected chi connectivity index (χ0v) is 16.9. The molecule has 4 amide bonds. The van der Waals surface area contributed by atoms with E-state index in [2.05, 4.69) is 5.32 Å². The summed E-state index contributed by atoms with van der Waals surface area (Å²) >= 11 is 6.66. The fourth-order valence-electron chi connectivity index (χ4n) is 4.19. The Labute approximate surface area is 178 Å². The van der Waals surface area contributed by atoms with Gasteiger partial charge in [-0.2, -0.15) is 0 Å². The molecule has 0 unspecified atom stereocenters. The second-order valence-electron chi connectivity index (χ2n) is 7.89. The minimum atomic E-state index is -0.471. The van der Waals surface area contributed by atoms with E-state index in [1.54, 1.807) is 6.07 Å². The van der Waals surface area contributed by atoms with E-state index in [1.807, 2.05) is 41.3 Å². The molecule has 2 saturated heterocycles. The summed E-state index contributed by atoms with van der Waals surface area (Å²) in [5.74, 6) is -0.303. The number of halogens is 1. The number of anilines is 2. The molecular formula is C22H20ClN3O4. The van der Waals surface area contributed by atoms with Crippen LogP contribution in [0.3, 0.4) is 0 Å². The maximum absolute atomic E-state index is 12.4. The van der Waals surface area contributed by atoms with Crippen LogP contribution < -0.4 is 15.1 Å². The van der Waals surface area contributed by atoms with Crippen LogP contribution in [-0.2, 0) is 14.3 Å². The first-order valence-electron chi connectivity index (χ1n) is 9.90. The molecule has 0 radical (unpaired) electrons. The minimum Gasteiger partial charge on any atom is -0.369 e. The number of carbonyl (C=O) groups excluding carboxylic acids is 3. The predicted molar refractivity (Wildman–Crippen MR) is 113 cm³/mol. The van der Waals surface area contributed by atoms with Gasteiger partial charge in [0.1, 0.15) is 6.61 Å². The number of hydrogen-bond acceptors (Lipinski definition) is 4. The molecule has 1 aliphatic carbocycles. The molecule has 0 aromatic heterocycles. The van der Waals surface area contributed by atoms with Crippen molar-refractivity contribution in [3.8, 4) is 11.1 Å². The third-order valence-corrected chi connectivity index (χ3v) is 6.30. The fraction of sp³-hybridized carbons (Fsp3) is 0.318. The number of ether oxygens (including phenoxy) is 1. The van der Waals surface area contributed by atoms with Gasteiger partial charge in [0, 0.05) is 24.2 Å². The lowest BCUT2D eigenvalue weighted by atomic mass is 10.0. The average Bonchev–Trinajstić information content (AvgIpc) is 3.49. The summed E-state index contributed by atoms with van der Waals surface area (Å²) in [4.78, 5) is 39.4. The van der Waals surface area contributed by atoms with E-state index in [4.69, 9.17) is 16.3 Å². The molecule has 0 bridgehead atoms. The van der Waals surface area contributed by atoms with Gasteiger partial charge in [-0.05, 0) is 36.6 Å². The number of urea groups is 1. The molecule has 2 aromatic carbocycles. The second-order valence-corrected chi connectivity index (χ2v) is 8.26. The lowest BCUT2D eigenvalue weighted by Gasteiger charge is -2.36. The van der Waals surface area contributed by atoms with E-state index >= 15 is 0 Å². The lowest BCUT2D eigenvalue weighted by Crippen LogP contribution is -2.51. The first-order chi connectivity index (χ1) is 14.5. The summed E-state index contributed by atoms with van der Waals surface area (Å²) in [6, 6.07) is 12.7. The average molecular weight is 426 g/mol. The Kier molecular flexibility index (Phi) is 4.52. The molecule has 5 rings (SSSR count). The van der Waals surface area contributed by atoms with Gasteiger partial charge in [0.15, 0.2) is 0 Å². The summed E-state index contributed by atoms with van der Waals surface area (Å²) in [6.07, 6.45) is 2.14. The Morgan fingerprint density at radius 3 is 2.50 bits per heavy atom. The van der Waals surface area contributed by atoms with Crippen LogP contribution in [0.25, 0.3) is 11.1 Å². The Balaban J connectivity index is 1.45. The van der Waals surface area contributed by atoms with Crippen LogP contribution >= 0.6 is 11.6 Å². The van der Waals surface area contributed by atoms with Crippen molar-refractivity contribution >= 4 is 40.8 Å². The van der Waals surface area contributed by atoms with Crippen molar-refractivity contribution in [1.82, 2.24) is 5.32 Å². The van der Waals surface area contributed by atoms with Crippen molar-refractivity contribution in [3.05, 3.63) is 47.5 Å². The topological polar surface area (TPSA) is 79.0 Å². The molecule has 3 fully saturated rings. The maximum atomic E-state index is 12.4. The molecule has 1 spiro atoms. The van der Waals surface area contributed by atoms with Gasteiger partial charge >= 0.3 is 6.03 Å². The number of hydrogen-bond donors (Lipinski definition) is 1. The number of nitrogens with one attached hydrogen (secondary N) is 1. The van der Waals surface area contributed by atoms with E-state index in [0.717, 1.165) is 29.7 Å². The van der Waals surface area contributed by atoms with Crippen molar-refractivity contribution in [2.75, 3.05) is 29.6 Å². The highest BCUT2D eigenvalue weighted by Crippen LogP contribution is 2.46. The number of nitrogens with zero attached hydrogens (tertiary/aromatic N) is 2. The van der Waals surface area contributed by atoms with Gasteiger partial charge in [-0.1, -0.05) is 35.9 Å². The molecule has 7 nitrogen and oxygen atoms in total. The summed E-state index contributed by atoms with van der Waals surface area (Å²) in [5.41, 5.74) is 2.88. The lowest BCUT2D eigenvalue weighted by molar-refractivity contribution is -0.128. The maximum Gasteiger partial charge on any atom is 0.328 e. The molecule has 1 saturated carbocycles. The number of imide groups is 1. The van der Waals surface area contributed by atoms with Crippen LogP contribution in [0.5, 0.6) is 0 Å². The van der Waals surface area contributed by atoms with Gasteiger partial charge in [0.05, 0.1) is 22.9 Å². The highest BCUT2D eigenvalue weighted by Gasteiger charge is 2.53. The van der Waals surface area contributed by atoms with Crippen molar-refractivity contribution in [1.29, 1.82) is 0 Å². The highest BCUT2D eigenvalue weighted by molar-refractivity contribution is 6.36. The fourth-order valence-corrected chi connectivity index (χ4v) is 4.52. The van der Waals surface area contributed by atoms with E-state index in [9.17, 15) is 14.4 Å². The first-order valence-corrected chi connectivity index (χ1v) is 10.3. The number of amides is 4. The third-order valence-electron chi connectivity index (χ3n) is 5.91. The third kappa shape index (κ3) is 3.14. The molecule has 2 heterocycles. The van der Waals surface area contributed by atoms with E-state index in [-0.39, 0.29) is 36.9 Å². The predicted octanol–water partition coefficient (Wildman–Crippen LogP) is 3.35. The zero-order chi connectivity index (χ0) is 20.9. The summed E-state index contributed by atoms with van der Waals surface area (Å²) < 4.78 is 5.44. The number of carbonyl (C=O) groups is 3. The van der Waals surface area contributed by atoms with E-state index < -0.39 is 6.03 Å². The number of morpholine rings is 1. The molecule has 30 heavy (non-hydrogen) atoms. The van der Waals surface area contributed by atoms with Crippen molar-refractivity contribution in [3.63, 3.8) is 0 Å². The van der Waals surface area contributed by atoms with Crippen LogP contribution in [0, 0.1) is 0 Å². The minimum absolute atomic E-state index is 0.0165. The summed E-state index contributed by atoms with van der Waals surface area (Å²) in [6.45, 7) is 0.973. The molecule has 1 N–H and O–H groups in total. The monoisotopic (exact) mass is 425 g/mol. The quantitative estimate of drug-likeness (QED) is 0.817. The van der Waals surface area contributed by atoms with Crippen LogP contribution in [0.15, 0.2) is 42.5 Å². The zero-order valence-electron chi connectivity index (χ0n) is 16.2. The van der Waals surface area contributed by atoms with E-state index in [0.29, 0.717) is 17.3 Å². The highest BCUT2D eigenvalue weighted by atomic mass is 35.5. The van der Waals surface area contributed by atoms with Gasteiger partial charge in [-0.15, -0.1) is 0 Å². The van der Waals surface area contributed by atoms with E-state index in [1.165, 1.54) is 4.90 Å². The second kappa shape index (κ2) is 7.11. The van der Waals surface area contributed by atoms with Crippen molar-refractivity contribution < 1.29 is 19.1 Å². The first kappa shape index (κ1) is 19.1. The molecule has 2 aromatic rings. The van der Waals surface area contributed by atoms with Gasteiger partial charge in [0.2, 0.25) is 5.91 Å². The van der Waals surface area contributed by atoms with Crippen molar-refractivity contribution in [2.45, 2.75) is 24.8 Å². The Hall–Kier alpha value is -2.90. The molecule has 3 aliphatic rings. The normalized spacial score (nSPS) is 20.5. The van der Waals surface area contributed by atoms with Gasteiger partial charge < -0.3 is 9.64 Å². The van der Waals surface area contributed by atoms with Crippen LogP contribution in [-0.4, -0.2) is 43.1 Å². The van der Waals surface area contributed by atoms with Crippen LogP contribution in [0.1, 0.15) is 19.3 Å². The Bertz CT molecular complexity index is 1050. The molecule has 154 valence electrons. The van der Waals surface area contributed by atoms with Gasteiger partial charge in [-0.25, -0.2) is 4.79 Å². The Morgan fingerprint density at radius 1 is 1.03 bits per heavy atom. The van der Waals surface area contributed by atoms with Crippen molar-refractivity contribution in [2.24, 2.45) is 0 Å². The molecule has 8 heteroatoms. The van der Waals surface area contributed by atoms with Gasteiger partial charge in [0.25, 0.3) is 5.91 Å². The van der Waals surface area contributed by atoms with Crippen LogP contribution in [0.2, 0.25) is 5.02 Å². The number of benzene rings is 2. The molecule has 2 aliphatic heterocycles. The molecule has 0 atom stereocenters. The SMILES string of the molecule is O=C1CCN(c2cccc(-c3ccc(N4C(=O)COCC45CC5)cc3)c2Cl)C(=O)N1.